The second-order valence-corrected chi connectivity index (χ2v) is 4.87. The molecule has 1 aromatic rings. The van der Waals surface area contributed by atoms with Gasteiger partial charge in [-0.3, -0.25) is 9.80 Å². The number of carbonyl (C=O) groups is 1. The van der Waals surface area contributed by atoms with Crippen LogP contribution in [0.4, 0.5) is 5.69 Å². The van der Waals surface area contributed by atoms with E-state index in [1.165, 1.54) is 0 Å². The Labute approximate surface area is 112 Å². The standard InChI is InChI=1S/C14H18N4O/c15-14(19)12-9-11-3-1-2-4-13(11)18(10-12)17-7-5-16-6-8-17/h1-4,10,16H,5-9H2,(H2,15,19). The van der Waals surface area contributed by atoms with Gasteiger partial charge in [0.1, 0.15) is 0 Å². The van der Waals surface area contributed by atoms with Gasteiger partial charge in [-0.05, 0) is 11.6 Å². The quantitative estimate of drug-likeness (QED) is 0.797. The van der Waals surface area contributed by atoms with Gasteiger partial charge in [-0.1, -0.05) is 18.2 Å². The van der Waals surface area contributed by atoms with Gasteiger partial charge in [0, 0.05) is 44.4 Å². The fourth-order valence-electron chi connectivity index (χ4n) is 2.61. The second-order valence-electron chi connectivity index (χ2n) is 4.87. The molecule has 0 aliphatic carbocycles. The smallest absolute Gasteiger partial charge is 0.246 e. The first-order valence-corrected chi connectivity index (χ1v) is 6.59. The van der Waals surface area contributed by atoms with E-state index < -0.39 is 0 Å². The third kappa shape index (κ3) is 2.34. The first-order valence-electron chi connectivity index (χ1n) is 6.59. The van der Waals surface area contributed by atoms with Gasteiger partial charge in [0.25, 0.3) is 0 Å². The molecule has 2 heterocycles. The predicted molar refractivity (Wildman–Crippen MR) is 74.3 cm³/mol. The molecule has 0 unspecified atom stereocenters. The third-order valence-corrected chi connectivity index (χ3v) is 3.61. The molecule has 3 rings (SSSR count). The summed E-state index contributed by atoms with van der Waals surface area (Å²) in [6, 6.07) is 8.17. The van der Waals surface area contributed by atoms with Crippen LogP contribution in [-0.4, -0.2) is 37.1 Å². The number of primary amides is 1. The van der Waals surface area contributed by atoms with E-state index in [1.54, 1.807) is 0 Å². The molecule has 19 heavy (non-hydrogen) atoms. The van der Waals surface area contributed by atoms with Crippen LogP contribution in [0.15, 0.2) is 36.0 Å². The number of piperazine rings is 1. The molecule has 0 radical (unpaired) electrons. The van der Waals surface area contributed by atoms with Gasteiger partial charge in [0.15, 0.2) is 0 Å². The molecule has 0 bridgehead atoms. The summed E-state index contributed by atoms with van der Waals surface area (Å²) in [5.74, 6) is -0.338. The molecule has 1 aromatic carbocycles. The number of hydrogen-bond acceptors (Lipinski definition) is 4. The Bertz CT molecular complexity index is 520. The summed E-state index contributed by atoms with van der Waals surface area (Å²) in [6.07, 6.45) is 2.50. The number of nitrogens with two attached hydrogens (primary N) is 1. The Kier molecular flexibility index (Phi) is 3.23. The fraction of sp³-hybridized carbons (Fsp3) is 0.357. The Balaban J connectivity index is 1.97. The molecule has 0 saturated carbocycles. The molecule has 100 valence electrons. The molecule has 5 heteroatoms. The minimum absolute atomic E-state index is 0.338. The van der Waals surface area contributed by atoms with E-state index in [2.05, 4.69) is 27.5 Å². The number of anilines is 1. The molecule has 2 aliphatic rings. The highest BCUT2D eigenvalue weighted by atomic mass is 16.1. The maximum absolute atomic E-state index is 11.5. The molecule has 2 aliphatic heterocycles. The lowest BCUT2D eigenvalue weighted by Crippen LogP contribution is -2.51. The third-order valence-electron chi connectivity index (χ3n) is 3.61. The maximum atomic E-state index is 11.5. The van der Waals surface area contributed by atoms with Gasteiger partial charge >= 0.3 is 0 Å². The molecular formula is C14H18N4O. The number of nitrogens with one attached hydrogen (secondary N) is 1. The maximum Gasteiger partial charge on any atom is 0.246 e. The van der Waals surface area contributed by atoms with Crippen molar-refractivity contribution in [1.29, 1.82) is 0 Å². The number of benzene rings is 1. The van der Waals surface area contributed by atoms with Crippen molar-refractivity contribution in [2.45, 2.75) is 6.42 Å². The van der Waals surface area contributed by atoms with E-state index in [9.17, 15) is 4.79 Å². The fourth-order valence-corrected chi connectivity index (χ4v) is 2.61. The molecule has 5 nitrogen and oxygen atoms in total. The Hall–Kier alpha value is -1.85. The van der Waals surface area contributed by atoms with Gasteiger partial charge < -0.3 is 11.1 Å². The van der Waals surface area contributed by atoms with Crippen molar-refractivity contribution in [3.05, 3.63) is 41.6 Å². The number of amides is 1. The SMILES string of the molecule is NC(=O)C1=CN(N2CCNCC2)c2ccccc2C1. The number of para-hydroxylation sites is 1. The second kappa shape index (κ2) is 5.03. The van der Waals surface area contributed by atoms with Crippen LogP contribution >= 0.6 is 0 Å². The van der Waals surface area contributed by atoms with Gasteiger partial charge in [-0.2, -0.15) is 0 Å². The number of hydrazine groups is 1. The zero-order valence-corrected chi connectivity index (χ0v) is 10.8. The summed E-state index contributed by atoms with van der Waals surface area (Å²) in [7, 11) is 0. The Morgan fingerprint density at radius 2 is 1.95 bits per heavy atom. The summed E-state index contributed by atoms with van der Waals surface area (Å²) in [5, 5.41) is 7.66. The summed E-state index contributed by atoms with van der Waals surface area (Å²) in [6.45, 7) is 3.77. The number of rotatable bonds is 2. The normalized spacial score (nSPS) is 19.8. The van der Waals surface area contributed by atoms with Crippen LogP contribution in [0.3, 0.4) is 0 Å². The van der Waals surface area contributed by atoms with Crippen LogP contribution in [0.1, 0.15) is 5.56 Å². The van der Waals surface area contributed by atoms with Gasteiger partial charge in [-0.25, -0.2) is 5.01 Å². The van der Waals surface area contributed by atoms with Gasteiger partial charge in [-0.15, -0.1) is 0 Å². The Morgan fingerprint density at radius 3 is 2.68 bits per heavy atom. The summed E-state index contributed by atoms with van der Waals surface area (Å²) >= 11 is 0. The van der Waals surface area contributed by atoms with E-state index >= 15 is 0 Å². The molecule has 0 atom stereocenters. The first kappa shape index (κ1) is 12.2. The van der Waals surface area contributed by atoms with E-state index in [1.807, 2.05) is 18.3 Å². The lowest BCUT2D eigenvalue weighted by atomic mass is 10.00. The van der Waals surface area contributed by atoms with Crippen molar-refractivity contribution in [3.8, 4) is 0 Å². The molecular weight excluding hydrogens is 240 g/mol. The lowest BCUT2D eigenvalue weighted by molar-refractivity contribution is -0.114. The number of hydrogen-bond donors (Lipinski definition) is 2. The molecule has 0 spiro atoms. The largest absolute Gasteiger partial charge is 0.366 e. The average Bonchev–Trinajstić information content (AvgIpc) is 2.47. The minimum Gasteiger partial charge on any atom is -0.366 e. The first-order chi connectivity index (χ1) is 9.25. The van der Waals surface area contributed by atoms with Crippen molar-refractivity contribution in [2.75, 3.05) is 31.2 Å². The van der Waals surface area contributed by atoms with Crippen LogP contribution in [0, 0.1) is 0 Å². The molecule has 1 saturated heterocycles. The summed E-state index contributed by atoms with van der Waals surface area (Å²) in [4.78, 5) is 11.5. The van der Waals surface area contributed by atoms with Crippen molar-refractivity contribution in [1.82, 2.24) is 10.3 Å². The van der Waals surface area contributed by atoms with E-state index in [-0.39, 0.29) is 5.91 Å². The monoisotopic (exact) mass is 258 g/mol. The molecule has 1 amide bonds. The zero-order valence-electron chi connectivity index (χ0n) is 10.8. The topological polar surface area (TPSA) is 61.6 Å². The van der Waals surface area contributed by atoms with Crippen LogP contribution in [0.5, 0.6) is 0 Å². The summed E-state index contributed by atoms with van der Waals surface area (Å²) in [5.41, 5.74) is 8.41. The van der Waals surface area contributed by atoms with E-state index in [0.717, 1.165) is 37.4 Å². The van der Waals surface area contributed by atoms with Crippen LogP contribution in [0.2, 0.25) is 0 Å². The number of nitrogens with zero attached hydrogens (tertiary/aromatic N) is 2. The highest BCUT2D eigenvalue weighted by molar-refractivity contribution is 5.94. The average molecular weight is 258 g/mol. The highest BCUT2D eigenvalue weighted by Gasteiger charge is 2.25. The van der Waals surface area contributed by atoms with Crippen molar-refractivity contribution in [3.63, 3.8) is 0 Å². The van der Waals surface area contributed by atoms with E-state index in [0.29, 0.717) is 12.0 Å². The summed E-state index contributed by atoms with van der Waals surface area (Å²) < 4.78 is 0. The molecule has 0 aromatic heterocycles. The van der Waals surface area contributed by atoms with Crippen LogP contribution < -0.4 is 16.1 Å². The van der Waals surface area contributed by atoms with Crippen molar-refractivity contribution >= 4 is 11.6 Å². The number of carbonyl (C=O) groups excluding carboxylic acids is 1. The van der Waals surface area contributed by atoms with Crippen LogP contribution in [0.25, 0.3) is 0 Å². The molecule has 1 fully saturated rings. The lowest BCUT2D eigenvalue weighted by Gasteiger charge is -2.40. The zero-order chi connectivity index (χ0) is 13.2. The van der Waals surface area contributed by atoms with Gasteiger partial charge in [0.05, 0.1) is 5.69 Å². The highest BCUT2D eigenvalue weighted by Crippen LogP contribution is 2.29. The predicted octanol–water partition coefficient (Wildman–Crippen LogP) is 0.239. The van der Waals surface area contributed by atoms with Gasteiger partial charge in [0.2, 0.25) is 5.91 Å². The van der Waals surface area contributed by atoms with Crippen molar-refractivity contribution in [2.24, 2.45) is 5.73 Å². The number of fused-ring (bicyclic) bond motifs is 1. The van der Waals surface area contributed by atoms with E-state index in [4.69, 9.17) is 5.73 Å². The minimum atomic E-state index is -0.338. The van der Waals surface area contributed by atoms with Crippen molar-refractivity contribution < 1.29 is 4.79 Å². The van der Waals surface area contributed by atoms with Crippen LogP contribution in [-0.2, 0) is 11.2 Å². The molecule has 3 N–H and O–H groups in total. The Morgan fingerprint density at radius 1 is 1.21 bits per heavy atom.